The number of ether oxygens (including phenoxy) is 1. The van der Waals surface area contributed by atoms with Crippen LogP contribution in [0.15, 0.2) is 18.2 Å². The molecule has 1 aromatic rings. The van der Waals surface area contributed by atoms with E-state index in [2.05, 4.69) is 10.2 Å². The molecule has 1 aromatic carbocycles. The molecular formula is C19H26F2N4O3. The quantitative estimate of drug-likeness (QED) is 0.824. The predicted molar refractivity (Wildman–Crippen MR) is 100 cm³/mol. The van der Waals surface area contributed by atoms with Crippen LogP contribution >= 0.6 is 0 Å². The van der Waals surface area contributed by atoms with Gasteiger partial charge >= 0.3 is 6.03 Å². The molecule has 28 heavy (non-hydrogen) atoms. The second-order valence-corrected chi connectivity index (χ2v) is 7.03. The summed E-state index contributed by atoms with van der Waals surface area (Å²) in [6.45, 7) is 3.91. The largest absolute Gasteiger partial charge is 0.383 e. The number of benzene rings is 1. The molecule has 2 aliphatic heterocycles. The smallest absolute Gasteiger partial charge is 0.322 e. The average Bonchev–Trinajstić information content (AvgIpc) is 2.89. The summed E-state index contributed by atoms with van der Waals surface area (Å²) in [5.74, 6) is -1.52. The molecule has 3 amide bonds. The lowest BCUT2D eigenvalue weighted by Gasteiger charge is -2.26. The molecule has 2 aliphatic rings. The van der Waals surface area contributed by atoms with Crippen LogP contribution in [-0.2, 0) is 9.53 Å². The minimum atomic E-state index is -0.808. The molecule has 0 aliphatic carbocycles. The van der Waals surface area contributed by atoms with E-state index >= 15 is 0 Å². The second-order valence-electron chi connectivity index (χ2n) is 7.03. The number of hydrogen-bond donors (Lipinski definition) is 1. The van der Waals surface area contributed by atoms with Gasteiger partial charge in [0.1, 0.15) is 17.3 Å². The summed E-state index contributed by atoms with van der Waals surface area (Å²) >= 11 is 0. The van der Waals surface area contributed by atoms with Crippen molar-refractivity contribution in [2.24, 2.45) is 0 Å². The molecule has 0 spiro atoms. The number of carbonyl (C=O) groups excluding carboxylic acids is 2. The van der Waals surface area contributed by atoms with E-state index in [9.17, 15) is 18.4 Å². The van der Waals surface area contributed by atoms with Crippen molar-refractivity contribution in [2.45, 2.75) is 18.9 Å². The maximum absolute atomic E-state index is 13.8. The number of rotatable bonds is 5. The maximum Gasteiger partial charge on any atom is 0.322 e. The molecule has 2 saturated heterocycles. The summed E-state index contributed by atoms with van der Waals surface area (Å²) in [5.41, 5.74) is -0.437. The number of nitrogens with one attached hydrogen (secondary N) is 1. The number of likely N-dealkylation sites (tertiary alicyclic amines) is 1. The molecule has 154 valence electrons. The first-order valence-corrected chi connectivity index (χ1v) is 9.53. The normalized spacial score (nSPS) is 21.1. The lowest BCUT2D eigenvalue weighted by molar-refractivity contribution is -0.132. The molecule has 0 radical (unpaired) electrons. The van der Waals surface area contributed by atoms with E-state index in [4.69, 9.17) is 4.74 Å². The summed E-state index contributed by atoms with van der Waals surface area (Å²) in [7, 11) is 1.61. The van der Waals surface area contributed by atoms with Gasteiger partial charge in [-0.1, -0.05) is 6.07 Å². The van der Waals surface area contributed by atoms with Crippen LogP contribution < -0.4 is 5.32 Å². The number of methoxy groups -OCH3 is 1. The Balaban J connectivity index is 1.56. The van der Waals surface area contributed by atoms with Crippen molar-refractivity contribution >= 4 is 17.6 Å². The minimum absolute atomic E-state index is 0.100. The molecular weight excluding hydrogens is 370 g/mol. The molecule has 0 aromatic heterocycles. The minimum Gasteiger partial charge on any atom is -0.383 e. The van der Waals surface area contributed by atoms with Crippen molar-refractivity contribution in [3.8, 4) is 0 Å². The number of hydrogen-bond acceptors (Lipinski definition) is 4. The summed E-state index contributed by atoms with van der Waals surface area (Å²) in [4.78, 5) is 30.5. The average molecular weight is 396 g/mol. The molecule has 3 rings (SSSR count). The van der Waals surface area contributed by atoms with Gasteiger partial charge in [0.25, 0.3) is 0 Å². The van der Waals surface area contributed by atoms with E-state index in [1.165, 1.54) is 11.0 Å². The number of carbonyl (C=O) groups is 2. The van der Waals surface area contributed by atoms with E-state index in [1.54, 1.807) is 7.11 Å². The Morgan fingerprint density at radius 1 is 1.18 bits per heavy atom. The zero-order valence-electron chi connectivity index (χ0n) is 16.0. The highest BCUT2D eigenvalue weighted by molar-refractivity contribution is 5.89. The third-order valence-corrected chi connectivity index (χ3v) is 5.29. The van der Waals surface area contributed by atoms with E-state index in [0.29, 0.717) is 52.3 Å². The SMILES string of the molecule is COCCN1CC[C@H](N2CCCN(C(=O)Nc3c(F)cccc3F)CC2)C1=O. The van der Waals surface area contributed by atoms with Crippen LogP contribution in [0.4, 0.5) is 19.3 Å². The molecule has 2 heterocycles. The van der Waals surface area contributed by atoms with Crippen molar-refractivity contribution in [3.63, 3.8) is 0 Å². The van der Waals surface area contributed by atoms with Crippen molar-refractivity contribution in [1.82, 2.24) is 14.7 Å². The van der Waals surface area contributed by atoms with Gasteiger partial charge in [-0.05, 0) is 25.0 Å². The molecule has 1 N–H and O–H groups in total. The Kier molecular flexibility index (Phi) is 6.79. The number of nitrogens with zero attached hydrogens (tertiary/aromatic N) is 3. The monoisotopic (exact) mass is 396 g/mol. The first-order valence-electron chi connectivity index (χ1n) is 9.53. The van der Waals surface area contributed by atoms with Crippen molar-refractivity contribution in [3.05, 3.63) is 29.8 Å². The standard InChI is InChI=1S/C19H26F2N4O3/c1-28-13-12-24-9-6-16(18(24)26)23-7-3-8-25(11-10-23)19(27)22-17-14(20)4-2-5-15(17)21/h2,4-5,16H,3,6-13H2,1H3,(H,22,27)/t16-/m0/s1. The van der Waals surface area contributed by atoms with Gasteiger partial charge in [-0.15, -0.1) is 0 Å². The molecule has 0 bridgehead atoms. The molecule has 9 heteroatoms. The van der Waals surface area contributed by atoms with Gasteiger partial charge < -0.3 is 19.9 Å². The lowest BCUT2D eigenvalue weighted by atomic mass is 10.2. The Labute approximate surface area is 163 Å². The number of halogens is 2. The van der Waals surface area contributed by atoms with Gasteiger partial charge in [0.15, 0.2) is 0 Å². The summed E-state index contributed by atoms with van der Waals surface area (Å²) in [6.07, 6.45) is 1.45. The van der Waals surface area contributed by atoms with E-state index in [0.717, 1.165) is 18.6 Å². The Morgan fingerprint density at radius 2 is 1.93 bits per heavy atom. The zero-order chi connectivity index (χ0) is 20.1. The van der Waals surface area contributed by atoms with Crippen LogP contribution in [0, 0.1) is 11.6 Å². The highest BCUT2D eigenvalue weighted by atomic mass is 19.1. The number of anilines is 1. The van der Waals surface area contributed by atoms with Gasteiger partial charge in [0.05, 0.1) is 12.6 Å². The number of amides is 3. The third kappa shape index (κ3) is 4.59. The zero-order valence-corrected chi connectivity index (χ0v) is 16.0. The van der Waals surface area contributed by atoms with E-state index < -0.39 is 23.4 Å². The van der Waals surface area contributed by atoms with Gasteiger partial charge in [0.2, 0.25) is 5.91 Å². The fourth-order valence-electron chi connectivity index (χ4n) is 3.74. The molecule has 1 atom stereocenters. The van der Waals surface area contributed by atoms with Crippen LogP contribution in [0.2, 0.25) is 0 Å². The van der Waals surface area contributed by atoms with Crippen LogP contribution in [0.1, 0.15) is 12.8 Å². The van der Waals surface area contributed by atoms with Crippen LogP contribution in [0.3, 0.4) is 0 Å². The van der Waals surface area contributed by atoms with Gasteiger partial charge in [-0.2, -0.15) is 0 Å². The summed E-state index contributed by atoms with van der Waals surface area (Å²) < 4.78 is 32.6. The maximum atomic E-state index is 13.8. The Bertz CT molecular complexity index is 698. The Hall–Kier alpha value is -2.26. The molecule has 2 fully saturated rings. The second kappa shape index (κ2) is 9.29. The predicted octanol–water partition coefficient (Wildman–Crippen LogP) is 1.75. The molecule has 7 nitrogen and oxygen atoms in total. The van der Waals surface area contributed by atoms with Gasteiger partial charge in [0, 0.05) is 46.4 Å². The van der Waals surface area contributed by atoms with E-state index in [1.807, 2.05) is 4.90 Å². The highest BCUT2D eigenvalue weighted by Crippen LogP contribution is 2.21. The van der Waals surface area contributed by atoms with Crippen molar-refractivity contribution < 1.29 is 23.1 Å². The molecule has 0 unspecified atom stereocenters. The van der Waals surface area contributed by atoms with Crippen LogP contribution in [0.5, 0.6) is 0 Å². The highest BCUT2D eigenvalue weighted by Gasteiger charge is 2.36. The first-order chi connectivity index (χ1) is 13.5. The van der Waals surface area contributed by atoms with Crippen molar-refractivity contribution in [1.29, 1.82) is 0 Å². The van der Waals surface area contributed by atoms with Crippen molar-refractivity contribution in [2.75, 3.05) is 58.3 Å². The van der Waals surface area contributed by atoms with Gasteiger partial charge in [-0.25, -0.2) is 13.6 Å². The van der Waals surface area contributed by atoms with Crippen LogP contribution in [0.25, 0.3) is 0 Å². The summed E-state index contributed by atoms with van der Waals surface area (Å²) in [6, 6.07) is 2.74. The fourth-order valence-corrected chi connectivity index (χ4v) is 3.74. The first kappa shape index (κ1) is 20.5. The van der Waals surface area contributed by atoms with E-state index in [-0.39, 0.29) is 11.9 Å². The lowest BCUT2D eigenvalue weighted by Crippen LogP contribution is -2.44. The summed E-state index contributed by atoms with van der Waals surface area (Å²) in [5, 5.41) is 2.33. The van der Waals surface area contributed by atoms with Gasteiger partial charge in [-0.3, -0.25) is 9.69 Å². The Morgan fingerprint density at radius 3 is 2.64 bits per heavy atom. The fraction of sp³-hybridized carbons (Fsp3) is 0.579. The number of urea groups is 1. The molecule has 0 saturated carbocycles. The topological polar surface area (TPSA) is 65.1 Å². The number of para-hydroxylation sites is 1. The third-order valence-electron chi connectivity index (χ3n) is 5.29. The van der Waals surface area contributed by atoms with Crippen LogP contribution in [-0.4, -0.2) is 85.7 Å².